The number of rotatable bonds is 0. The van der Waals surface area contributed by atoms with Gasteiger partial charge in [-0.25, -0.2) is 4.79 Å². The number of allylic oxidation sites excluding steroid dienone is 3. The minimum Gasteiger partial charge on any atom is -0.428 e. The molecular weight excluding hydrogens is 228 g/mol. The first-order valence-electron chi connectivity index (χ1n) is 6.41. The number of fused-ring (bicyclic) bond motifs is 1. The lowest BCUT2D eigenvalue weighted by molar-refractivity contribution is -0.158. The first-order chi connectivity index (χ1) is 8.58. The third-order valence-corrected chi connectivity index (χ3v) is 3.44. The van der Waals surface area contributed by atoms with E-state index in [1.54, 1.807) is 0 Å². The van der Waals surface area contributed by atoms with E-state index in [0.717, 1.165) is 24.0 Å². The van der Waals surface area contributed by atoms with Crippen LogP contribution in [0.4, 0.5) is 0 Å². The van der Waals surface area contributed by atoms with Gasteiger partial charge < -0.3 is 9.47 Å². The van der Waals surface area contributed by atoms with Crippen LogP contribution in [0.25, 0.3) is 0 Å². The molecule has 0 N–H and O–H groups in total. The molecule has 3 heteroatoms. The summed E-state index contributed by atoms with van der Waals surface area (Å²) in [4.78, 5) is 11.8. The molecule has 3 nitrogen and oxygen atoms in total. The molecule has 1 atom stereocenters. The fraction of sp³-hybridized carbons (Fsp3) is 0.533. The Morgan fingerprint density at radius 2 is 1.94 bits per heavy atom. The molecule has 0 saturated carbocycles. The highest BCUT2D eigenvalue weighted by Crippen LogP contribution is 2.27. The third kappa shape index (κ3) is 2.91. The summed E-state index contributed by atoms with van der Waals surface area (Å²) >= 11 is 0. The lowest BCUT2D eigenvalue weighted by Crippen LogP contribution is -2.16. The molecule has 0 saturated heterocycles. The number of carbonyl (C=O) groups excluding carboxylic acids is 1. The lowest BCUT2D eigenvalue weighted by Gasteiger charge is -2.13. The highest BCUT2D eigenvalue weighted by Gasteiger charge is 2.31. The maximum absolute atomic E-state index is 11.8. The van der Waals surface area contributed by atoms with Crippen molar-refractivity contribution in [2.45, 2.75) is 46.3 Å². The monoisotopic (exact) mass is 248 g/mol. The first kappa shape index (κ1) is 13.1. The van der Waals surface area contributed by atoms with E-state index in [2.05, 4.69) is 19.1 Å². The van der Waals surface area contributed by atoms with E-state index in [1.165, 1.54) is 11.1 Å². The number of hydrogen-bond donors (Lipinski definition) is 0. The van der Waals surface area contributed by atoms with E-state index < -0.39 is 6.29 Å². The summed E-state index contributed by atoms with van der Waals surface area (Å²) in [6.45, 7) is 6.59. The normalized spacial score (nSPS) is 31.7. The van der Waals surface area contributed by atoms with Crippen molar-refractivity contribution in [3.05, 3.63) is 34.4 Å². The molecule has 0 unspecified atom stereocenters. The average Bonchev–Trinajstić information content (AvgIpc) is 2.59. The van der Waals surface area contributed by atoms with Gasteiger partial charge in [-0.05, 0) is 40.0 Å². The van der Waals surface area contributed by atoms with Crippen LogP contribution in [0.3, 0.4) is 0 Å². The molecule has 0 aromatic heterocycles. The zero-order chi connectivity index (χ0) is 13.1. The summed E-state index contributed by atoms with van der Waals surface area (Å²) in [5.41, 5.74) is 4.16. The SMILES string of the molecule is CC1=C2C/C=C(\C)CC/C=C(\C)CO[C@@H]1OC2=O. The van der Waals surface area contributed by atoms with Crippen LogP contribution in [0.1, 0.15) is 40.0 Å². The Balaban J connectivity index is 2.24. The Labute approximate surface area is 108 Å². The second-order valence-corrected chi connectivity index (χ2v) is 5.05. The Hall–Kier alpha value is -1.35. The molecule has 0 aromatic carbocycles. The molecule has 2 aliphatic heterocycles. The van der Waals surface area contributed by atoms with Crippen molar-refractivity contribution >= 4 is 5.97 Å². The van der Waals surface area contributed by atoms with Crippen LogP contribution in [0.2, 0.25) is 0 Å². The lowest BCUT2D eigenvalue weighted by atomic mass is 10.0. The van der Waals surface area contributed by atoms with Crippen molar-refractivity contribution in [2.24, 2.45) is 0 Å². The van der Waals surface area contributed by atoms with Crippen LogP contribution in [0, 0.1) is 0 Å². The third-order valence-electron chi connectivity index (χ3n) is 3.44. The summed E-state index contributed by atoms with van der Waals surface area (Å²) in [7, 11) is 0. The van der Waals surface area contributed by atoms with Crippen LogP contribution >= 0.6 is 0 Å². The quantitative estimate of drug-likeness (QED) is 0.487. The predicted molar refractivity (Wildman–Crippen MR) is 69.9 cm³/mol. The zero-order valence-corrected chi connectivity index (χ0v) is 11.3. The Kier molecular flexibility index (Phi) is 4.02. The highest BCUT2D eigenvalue weighted by molar-refractivity contribution is 5.92. The molecule has 2 aliphatic rings. The molecule has 0 aliphatic carbocycles. The van der Waals surface area contributed by atoms with Crippen LogP contribution in [0.5, 0.6) is 0 Å². The Morgan fingerprint density at radius 1 is 1.17 bits per heavy atom. The minimum atomic E-state index is -0.496. The molecule has 2 heterocycles. The van der Waals surface area contributed by atoms with Crippen LogP contribution in [0.15, 0.2) is 34.4 Å². The smallest absolute Gasteiger partial charge is 0.337 e. The second-order valence-electron chi connectivity index (χ2n) is 5.05. The summed E-state index contributed by atoms with van der Waals surface area (Å²) in [6.07, 6.45) is 6.52. The molecule has 98 valence electrons. The zero-order valence-electron chi connectivity index (χ0n) is 11.3. The van der Waals surface area contributed by atoms with E-state index in [0.29, 0.717) is 13.0 Å². The van der Waals surface area contributed by atoms with E-state index in [9.17, 15) is 4.79 Å². The first-order valence-corrected chi connectivity index (χ1v) is 6.41. The van der Waals surface area contributed by atoms with Gasteiger partial charge in [-0.3, -0.25) is 0 Å². The van der Waals surface area contributed by atoms with Gasteiger partial charge in [0.2, 0.25) is 6.29 Å². The Bertz CT molecular complexity index is 441. The van der Waals surface area contributed by atoms with E-state index in [-0.39, 0.29) is 5.97 Å². The summed E-state index contributed by atoms with van der Waals surface area (Å²) in [5, 5.41) is 0. The van der Waals surface area contributed by atoms with Gasteiger partial charge >= 0.3 is 5.97 Å². The highest BCUT2D eigenvalue weighted by atomic mass is 16.7. The van der Waals surface area contributed by atoms with Gasteiger partial charge in [0.1, 0.15) is 0 Å². The molecule has 0 aromatic rings. The van der Waals surface area contributed by atoms with Crippen molar-refractivity contribution in [3.63, 3.8) is 0 Å². The number of carbonyl (C=O) groups is 1. The van der Waals surface area contributed by atoms with E-state index in [4.69, 9.17) is 9.47 Å². The van der Waals surface area contributed by atoms with Gasteiger partial charge in [0.15, 0.2) is 0 Å². The van der Waals surface area contributed by atoms with Crippen molar-refractivity contribution in [2.75, 3.05) is 6.61 Å². The molecular formula is C15H20O3. The largest absolute Gasteiger partial charge is 0.428 e. The summed E-state index contributed by atoms with van der Waals surface area (Å²) < 4.78 is 10.9. The summed E-state index contributed by atoms with van der Waals surface area (Å²) in [6, 6.07) is 0. The number of hydrogen-bond acceptors (Lipinski definition) is 3. The Morgan fingerprint density at radius 3 is 2.72 bits per heavy atom. The molecule has 0 amide bonds. The topological polar surface area (TPSA) is 35.5 Å². The maximum atomic E-state index is 11.8. The standard InChI is InChI=1S/C15H20O3/c1-10-5-4-6-11(2)9-17-15-12(3)13(8-7-10)14(16)18-15/h6-7,15H,4-5,8-9H2,1-3H3/b10-7+,11-6+/t15-/m1/s1. The van der Waals surface area contributed by atoms with Gasteiger partial charge in [-0.2, -0.15) is 0 Å². The fourth-order valence-corrected chi connectivity index (χ4v) is 2.15. The molecule has 0 radical (unpaired) electrons. The van der Waals surface area contributed by atoms with Gasteiger partial charge in [-0.1, -0.05) is 23.3 Å². The maximum Gasteiger partial charge on any atom is 0.337 e. The molecule has 18 heavy (non-hydrogen) atoms. The van der Waals surface area contributed by atoms with Gasteiger partial charge in [0.05, 0.1) is 6.61 Å². The van der Waals surface area contributed by atoms with E-state index >= 15 is 0 Å². The van der Waals surface area contributed by atoms with Gasteiger partial charge in [0, 0.05) is 11.1 Å². The molecule has 2 rings (SSSR count). The number of esters is 1. The molecule has 0 spiro atoms. The van der Waals surface area contributed by atoms with Crippen molar-refractivity contribution in [1.29, 1.82) is 0 Å². The predicted octanol–water partition coefficient (Wildman–Crippen LogP) is 3.28. The molecule has 2 bridgehead atoms. The summed E-state index contributed by atoms with van der Waals surface area (Å²) in [5.74, 6) is -0.234. The van der Waals surface area contributed by atoms with Crippen molar-refractivity contribution in [3.8, 4) is 0 Å². The van der Waals surface area contributed by atoms with Crippen molar-refractivity contribution < 1.29 is 14.3 Å². The van der Waals surface area contributed by atoms with Gasteiger partial charge in [-0.15, -0.1) is 0 Å². The van der Waals surface area contributed by atoms with Crippen LogP contribution in [-0.4, -0.2) is 18.9 Å². The van der Waals surface area contributed by atoms with Crippen LogP contribution in [-0.2, 0) is 14.3 Å². The van der Waals surface area contributed by atoms with Crippen LogP contribution < -0.4 is 0 Å². The minimum absolute atomic E-state index is 0.234. The molecule has 0 fully saturated rings. The average molecular weight is 248 g/mol. The second kappa shape index (κ2) is 5.53. The fourth-order valence-electron chi connectivity index (χ4n) is 2.15. The van der Waals surface area contributed by atoms with Crippen molar-refractivity contribution in [1.82, 2.24) is 0 Å². The van der Waals surface area contributed by atoms with Gasteiger partial charge in [0.25, 0.3) is 0 Å². The number of ether oxygens (including phenoxy) is 2. The van der Waals surface area contributed by atoms with E-state index in [1.807, 2.05) is 13.8 Å².